The van der Waals surface area contributed by atoms with E-state index in [0.717, 1.165) is 31.7 Å². The Morgan fingerprint density at radius 3 is 3.11 bits per heavy atom. The van der Waals surface area contributed by atoms with Gasteiger partial charge in [0, 0.05) is 26.3 Å². The van der Waals surface area contributed by atoms with E-state index in [1.807, 2.05) is 0 Å². The fourth-order valence-electron chi connectivity index (χ4n) is 2.28. The zero-order chi connectivity index (χ0) is 13.7. The molecule has 1 unspecified atom stereocenters. The van der Waals surface area contributed by atoms with Crippen LogP contribution in [0.3, 0.4) is 0 Å². The summed E-state index contributed by atoms with van der Waals surface area (Å²) in [6.07, 6.45) is 1.04. The van der Waals surface area contributed by atoms with Gasteiger partial charge < -0.3 is 15.2 Å². The van der Waals surface area contributed by atoms with Crippen molar-refractivity contribution in [2.75, 3.05) is 39.1 Å². The van der Waals surface area contributed by atoms with Gasteiger partial charge in [0.05, 0.1) is 18.9 Å². The van der Waals surface area contributed by atoms with Crippen molar-refractivity contribution >= 4 is 5.82 Å². The molecule has 1 aliphatic heterocycles. The molecule has 0 spiro atoms. The Bertz CT molecular complexity index is 412. The minimum atomic E-state index is -0.0978. The molecule has 1 fully saturated rings. The highest BCUT2D eigenvalue weighted by molar-refractivity contribution is 5.30. The van der Waals surface area contributed by atoms with Gasteiger partial charge in [-0.05, 0) is 13.0 Å². The van der Waals surface area contributed by atoms with Gasteiger partial charge in [-0.3, -0.25) is 4.90 Å². The zero-order valence-electron chi connectivity index (χ0n) is 11.6. The largest absolute Gasteiger partial charge is 0.384 e. The third-order valence-corrected chi connectivity index (χ3v) is 3.09. The molecule has 2 N–H and O–H groups in total. The van der Waals surface area contributed by atoms with E-state index in [1.54, 1.807) is 13.2 Å². The van der Waals surface area contributed by atoms with Gasteiger partial charge in [0.15, 0.2) is 5.82 Å². The summed E-state index contributed by atoms with van der Waals surface area (Å²) in [7, 11) is 1.64. The summed E-state index contributed by atoms with van der Waals surface area (Å²) in [5, 5.41) is 0. The zero-order valence-corrected chi connectivity index (χ0v) is 11.6. The predicted octanol–water partition coefficient (Wildman–Crippen LogP) is 0.988. The highest BCUT2D eigenvalue weighted by atomic mass is 16.5. The molecule has 1 aromatic heterocycles. The van der Waals surface area contributed by atoms with Gasteiger partial charge in [0.1, 0.15) is 11.9 Å². The van der Waals surface area contributed by atoms with Crippen molar-refractivity contribution in [2.24, 2.45) is 0 Å². The third kappa shape index (κ3) is 3.86. The van der Waals surface area contributed by atoms with Crippen molar-refractivity contribution in [1.29, 1.82) is 0 Å². The van der Waals surface area contributed by atoms with Crippen molar-refractivity contribution in [2.45, 2.75) is 26.1 Å². The number of morpholine rings is 1. The van der Waals surface area contributed by atoms with Crippen LogP contribution >= 0.6 is 0 Å². The first kappa shape index (κ1) is 14.2. The van der Waals surface area contributed by atoms with Gasteiger partial charge in [0.25, 0.3) is 0 Å². The number of nitrogens with two attached hydrogens (primary N) is 1. The quantitative estimate of drug-likeness (QED) is 0.856. The van der Waals surface area contributed by atoms with Gasteiger partial charge in [-0.2, -0.15) is 0 Å². The molecule has 1 aliphatic rings. The molecule has 1 saturated heterocycles. The van der Waals surface area contributed by atoms with E-state index < -0.39 is 0 Å². The molecule has 2 rings (SSSR count). The molecule has 106 valence electrons. The average molecular weight is 266 g/mol. The SMILES string of the molecule is CCCN1CCOC(c2nc(N)cc(COC)n2)C1. The lowest BCUT2D eigenvalue weighted by Gasteiger charge is -2.31. The maximum atomic E-state index is 5.81. The van der Waals surface area contributed by atoms with E-state index in [2.05, 4.69) is 21.8 Å². The summed E-state index contributed by atoms with van der Waals surface area (Å²) in [5.41, 5.74) is 6.61. The smallest absolute Gasteiger partial charge is 0.161 e. The first-order valence-corrected chi connectivity index (χ1v) is 6.69. The molecule has 0 aromatic carbocycles. The molecule has 6 heteroatoms. The Kier molecular flexibility index (Phi) is 5.07. The number of methoxy groups -OCH3 is 1. The maximum absolute atomic E-state index is 5.81. The van der Waals surface area contributed by atoms with E-state index >= 15 is 0 Å². The Morgan fingerprint density at radius 1 is 1.53 bits per heavy atom. The number of aromatic nitrogens is 2. The first-order valence-electron chi connectivity index (χ1n) is 6.69. The predicted molar refractivity (Wildman–Crippen MR) is 72.6 cm³/mol. The first-order chi connectivity index (χ1) is 9.22. The number of nitrogens with zero attached hydrogens (tertiary/aromatic N) is 3. The van der Waals surface area contributed by atoms with Crippen LogP contribution in [0.1, 0.15) is 31.0 Å². The third-order valence-electron chi connectivity index (χ3n) is 3.09. The summed E-state index contributed by atoms with van der Waals surface area (Å²) in [4.78, 5) is 11.1. The highest BCUT2D eigenvalue weighted by Gasteiger charge is 2.24. The second-order valence-corrected chi connectivity index (χ2v) is 4.74. The minimum absolute atomic E-state index is 0.0978. The van der Waals surface area contributed by atoms with Gasteiger partial charge in [-0.15, -0.1) is 0 Å². The van der Waals surface area contributed by atoms with Crippen molar-refractivity contribution in [3.63, 3.8) is 0 Å². The second-order valence-electron chi connectivity index (χ2n) is 4.74. The molecule has 1 aromatic rings. The van der Waals surface area contributed by atoms with Crippen LogP contribution in [0.4, 0.5) is 5.82 Å². The molecule has 0 bridgehead atoms. The average Bonchev–Trinajstić information content (AvgIpc) is 2.39. The molecular formula is C13H22N4O2. The molecule has 1 atom stereocenters. The summed E-state index contributed by atoms with van der Waals surface area (Å²) in [6.45, 7) is 6.19. The number of anilines is 1. The van der Waals surface area contributed by atoms with E-state index in [1.165, 1.54) is 0 Å². The summed E-state index contributed by atoms with van der Waals surface area (Å²) >= 11 is 0. The Labute approximate surface area is 113 Å². The lowest BCUT2D eigenvalue weighted by molar-refractivity contribution is -0.0343. The molecule has 0 aliphatic carbocycles. The van der Waals surface area contributed by atoms with E-state index in [4.69, 9.17) is 15.2 Å². The fourth-order valence-corrected chi connectivity index (χ4v) is 2.28. The molecular weight excluding hydrogens is 244 g/mol. The number of rotatable bonds is 5. The van der Waals surface area contributed by atoms with Gasteiger partial charge in [0.2, 0.25) is 0 Å². The number of hydrogen-bond acceptors (Lipinski definition) is 6. The molecule has 0 saturated carbocycles. The van der Waals surface area contributed by atoms with Gasteiger partial charge in [-0.1, -0.05) is 6.92 Å². The van der Waals surface area contributed by atoms with E-state index in [-0.39, 0.29) is 6.10 Å². The Balaban J connectivity index is 2.11. The van der Waals surface area contributed by atoms with Crippen molar-refractivity contribution in [1.82, 2.24) is 14.9 Å². The van der Waals surface area contributed by atoms with Crippen molar-refractivity contribution < 1.29 is 9.47 Å². The molecule has 6 nitrogen and oxygen atoms in total. The summed E-state index contributed by atoms with van der Waals surface area (Å²) in [6, 6.07) is 1.74. The summed E-state index contributed by atoms with van der Waals surface area (Å²) < 4.78 is 10.9. The lowest BCUT2D eigenvalue weighted by atomic mass is 10.2. The van der Waals surface area contributed by atoms with Crippen LogP contribution in [0, 0.1) is 0 Å². The van der Waals surface area contributed by atoms with Crippen LogP contribution in [0.15, 0.2) is 6.07 Å². The number of hydrogen-bond donors (Lipinski definition) is 1. The Hall–Kier alpha value is -1.24. The van der Waals surface area contributed by atoms with Crippen LogP contribution in [0.5, 0.6) is 0 Å². The second kappa shape index (κ2) is 6.79. The number of nitrogen functional groups attached to an aromatic ring is 1. The monoisotopic (exact) mass is 266 g/mol. The summed E-state index contributed by atoms with van der Waals surface area (Å²) in [5.74, 6) is 1.13. The van der Waals surface area contributed by atoms with Crippen LogP contribution in [-0.2, 0) is 16.1 Å². The maximum Gasteiger partial charge on any atom is 0.161 e. The fraction of sp³-hybridized carbons (Fsp3) is 0.692. The normalized spacial score (nSPS) is 20.6. The highest BCUT2D eigenvalue weighted by Crippen LogP contribution is 2.20. The van der Waals surface area contributed by atoms with Crippen LogP contribution in [-0.4, -0.2) is 48.2 Å². The van der Waals surface area contributed by atoms with E-state index in [9.17, 15) is 0 Å². The topological polar surface area (TPSA) is 73.5 Å². The van der Waals surface area contributed by atoms with Crippen LogP contribution in [0.2, 0.25) is 0 Å². The standard InChI is InChI=1S/C13H22N4O2/c1-3-4-17-5-6-19-11(8-17)13-15-10(9-18-2)7-12(14)16-13/h7,11H,3-6,8-9H2,1-2H3,(H2,14,15,16). The van der Waals surface area contributed by atoms with Crippen molar-refractivity contribution in [3.8, 4) is 0 Å². The minimum Gasteiger partial charge on any atom is -0.384 e. The van der Waals surface area contributed by atoms with Crippen molar-refractivity contribution in [3.05, 3.63) is 17.6 Å². The molecule has 0 amide bonds. The van der Waals surface area contributed by atoms with Crippen LogP contribution in [0.25, 0.3) is 0 Å². The molecule has 19 heavy (non-hydrogen) atoms. The van der Waals surface area contributed by atoms with Crippen LogP contribution < -0.4 is 5.73 Å². The number of ether oxygens (including phenoxy) is 2. The van der Waals surface area contributed by atoms with Gasteiger partial charge >= 0.3 is 0 Å². The van der Waals surface area contributed by atoms with Gasteiger partial charge in [-0.25, -0.2) is 9.97 Å². The Morgan fingerprint density at radius 2 is 2.37 bits per heavy atom. The molecule has 2 heterocycles. The lowest BCUT2D eigenvalue weighted by Crippen LogP contribution is -2.39. The van der Waals surface area contributed by atoms with E-state index in [0.29, 0.717) is 24.9 Å². The molecule has 0 radical (unpaired) electrons.